The van der Waals surface area contributed by atoms with Crippen LogP contribution >= 0.6 is 25.3 Å². The maximum Gasteiger partial charge on any atom is 0.303 e. The Morgan fingerprint density at radius 3 is 1.19 bits per heavy atom. The van der Waals surface area contributed by atoms with Gasteiger partial charge in [-0.15, -0.1) is 0 Å². The van der Waals surface area contributed by atoms with E-state index in [1.54, 1.807) is 0 Å². The summed E-state index contributed by atoms with van der Waals surface area (Å²) in [5, 5.41) is 32.7. The summed E-state index contributed by atoms with van der Waals surface area (Å²) in [5.74, 6) is -1.49. The summed E-state index contributed by atoms with van der Waals surface area (Å²) in [4.78, 5) is 19.7. The molecule has 3 atom stereocenters. The molecule has 3 unspecified atom stereocenters. The van der Waals surface area contributed by atoms with Crippen molar-refractivity contribution in [3.05, 3.63) is 0 Å². The minimum Gasteiger partial charge on any atom is -0.481 e. The van der Waals surface area contributed by atoms with Crippen LogP contribution in [0.4, 0.5) is 0 Å². The van der Waals surface area contributed by atoms with Gasteiger partial charge in [0.05, 0.1) is 12.7 Å². The van der Waals surface area contributed by atoms with Gasteiger partial charge in [0.2, 0.25) is 0 Å². The summed E-state index contributed by atoms with van der Waals surface area (Å²) in [7, 11) is 0. The van der Waals surface area contributed by atoms with Gasteiger partial charge >= 0.3 is 11.9 Å². The minimum absolute atomic E-state index is 0.139. The first kappa shape index (κ1) is 25.5. The predicted molar refractivity (Wildman–Crippen MR) is 89.4 cm³/mol. The van der Waals surface area contributed by atoms with Crippen LogP contribution in [0.2, 0.25) is 0 Å². The quantitative estimate of drug-likeness (QED) is 0.392. The highest BCUT2D eigenvalue weighted by Crippen LogP contribution is 2.02. The summed E-state index contributed by atoms with van der Waals surface area (Å²) in [5.41, 5.74) is 0. The second kappa shape index (κ2) is 17.6. The normalized spacial score (nSPS) is 13.7. The van der Waals surface area contributed by atoms with Gasteiger partial charge in [-0.2, -0.15) is 25.3 Å². The first-order valence-electron chi connectivity index (χ1n) is 6.61. The Morgan fingerprint density at radius 2 is 1.14 bits per heavy atom. The van der Waals surface area contributed by atoms with Crippen molar-refractivity contribution in [2.45, 2.75) is 63.1 Å². The van der Waals surface area contributed by atoms with E-state index in [9.17, 15) is 9.59 Å². The lowest BCUT2D eigenvalue weighted by atomic mass is 10.2. The third kappa shape index (κ3) is 45.1. The van der Waals surface area contributed by atoms with Gasteiger partial charge in [0.25, 0.3) is 0 Å². The van der Waals surface area contributed by atoms with Crippen LogP contribution in [0.25, 0.3) is 0 Å². The molecule has 0 aliphatic rings. The van der Waals surface area contributed by atoms with Crippen molar-refractivity contribution in [2.75, 3.05) is 6.61 Å². The van der Waals surface area contributed by atoms with E-state index in [0.29, 0.717) is 12.8 Å². The Balaban J connectivity index is -0.000000239. The van der Waals surface area contributed by atoms with Crippen molar-refractivity contribution in [2.24, 2.45) is 0 Å². The van der Waals surface area contributed by atoms with Crippen LogP contribution in [0.15, 0.2) is 0 Å². The van der Waals surface area contributed by atoms with E-state index in [-0.39, 0.29) is 29.9 Å². The van der Waals surface area contributed by atoms with Gasteiger partial charge in [-0.1, -0.05) is 13.8 Å². The first-order chi connectivity index (χ1) is 9.52. The topological polar surface area (TPSA) is 115 Å². The standard InChI is InChI=1S/2C5H10O2S.C3H8O2/c2*1-4(8)2-3-5(6)7;1-3(5)2-4/h2*4,8H,2-3H2,1H3,(H,6,7);3-5H,2H2,1H3. The molecule has 0 heterocycles. The SMILES string of the molecule is CC(O)CO.CC(S)CCC(=O)O.CC(S)CCC(=O)O. The number of aliphatic hydroxyl groups is 2. The van der Waals surface area contributed by atoms with Crippen molar-refractivity contribution >= 4 is 37.2 Å². The number of hydrogen-bond acceptors (Lipinski definition) is 6. The Bertz CT molecular complexity index is 235. The number of aliphatic hydroxyl groups excluding tert-OH is 2. The summed E-state index contributed by atoms with van der Waals surface area (Å²) < 4.78 is 0. The Hall–Kier alpha value is -0.440. The summed E-state index contributed by atoms with van der Waals surface area (Å²) in [6.45, 7) is 5.15. The lowest BCUT2D eigenvalue weighted by molar-refractivity contribution is -0.138. The average Bonchev–Trinajstić information content (AvgIpc) is 2.35. The number of carboxylic acids is 2. The molecule has 0 rings (SSSR count). The molecule has 8 heteroatoms. The predicted octanol–water partition coefficient (Wildman–Crippen LogP) is 1.70. The second-order valence-electron chi connectivity index (χ2n) is 4.59. The van der Waals surface area contributed by atoms with E-state index in [0.717, 1.165) is 0 Å². The smallest absolute Gasteiger partial charge is 0.303 e. The highest BCUT2D eigenvalue weighted by Gasteiger charge is 1.99. The van der Waals surface area contributed by atoms with E-state index in [4.69, 9.17) is 20.4 Å². The van der Waals surface area contributed by atoms with Crippen LogP contribution in [0.5, 0.6) is 0 Å². The number of aliphatic carboxylic acids is 2. The molecule has 21 heavy (non-hydrogen) atoms. The van der Waals surface area contributed by atoms with Crippen molar-refractivity contribution < 1.29 is 30.0 Å². The van der Waals surface area contributed by atoms with Crippen molar-refractivity contribution in [1.82, 2.24) is 0 Å². The number of thiol groups is 2. The molecule has 0 spiro atoms. The third-order valence-corrected chi connectivity index (χ3v) is 2.33. The minimum atomic E-state index is -0.745. The Morgan fingerprint density at radius 1 is 0.905 bits per heavy atom. The van der Waals surface area contributed by atoms with Gasteiger partial charge < -0.3 is 20.4 Å². The van der Waals surface area contributed by atoms with Crippen LogP contribution in [-0.2, 0) is 9.59 Å². The molecule has 0 aliphatic heterocycles. The number of rotatable bonds is 7. The zero-order chi connectivity index (χ0) is 17.4. The molecule has 0 aromatic heterocycles. The first-order valence-corrected chi connectivity index (χ1v) is 7.64. The monoisotopic (exact) mass is 344 g/mol. The largest absolute Gasteiger partial charge is 0.481 e. The summed E-state index contributed by atoms with van der Waals surface area (Å²) >= 11 is 8.02. The number of hydrogen-bond donors (Lipinski definition) is 6. The van der Waals surface area contributed by atoms with Gasteiger partial charge in [-0.25, -0.2) is 0 Å². The molecule has 0 amide bonds. The fourth-order valence-corrected chi connectivity index (χ4v) is 0.923. The lowest BCUT2D eigenvalue weighted by Gasteiger charge is -1.96. The van der Waals surface area contributed by atoms with Gasteiger partial charge in [0.1, 0.15) is 0 Å². The maximum absolute atomic E-state index is 9.87. The van der Waals surface area contributed by atoms with E-state index in [1.807, 2.05) is 13.8 Å². The van der Waals surface area contributed by atoms with Gasteiger partial charge in [0.15, 0.2) is 0 Å². The average molecular weight is 344 g/mol. The van der Waals surface area contributed by atoms with Gasteiger partial charge in [-0.3, -0.25) is 9.59 Å². The van der Waals surface area contributed by atoms with E-state index in [2.05, 4.69) is 25.3 Å². The Labute approximate surface area is 137 Å². The molecule has 128 valence electrons. The van der Waals surface area contributed by atoms with Gasteiger partial charge in [-0.05, 0) is 30.3 Å². The zero-order valence-electron chi connectivity index (χ0n) is 12.8. The van der Waals surface area contributed by atoms with Crippen molar-refractivity contribution in [1.29, 1.82) is 0 Å². The van der Waals surface area contributed by atoms with Crippen LogP contribution in [0, 0.1) is 0 Å². The maximum atomic E-state index is 9.87. The molecule has 0 saturated heterocycles. The Kier molecular flexibility index (Phi) is 21.4. The molecule has 0 aromatic rings. The van der Waals surface area contributed by atoms with Crippen LogP contribution < -0.4 is 0 Å². The zero-order valence-corrected chi connectivity index (χ0v) is 14.6. The fraction of sp³-hybridized carbons (Fsp3) is 0.846. The molecule has 0 radical (unpaired) electrons. The molecule has 4 N–H and O–H groups in total. The summed E-state index contributed by atoms with van der Waals surface area (Å²) in [6.07, 6.45) is 1.20. The molecule has 0 bridgehead atoms. The van der Waals surface area contributed by atoms with E-state index < -0.39 is 18.0 Å². The molecule has 0 aromatic carbocycles. The second-order valence-corrected chi connectivity index (χ2v) is 6.36. The van der Waals surface area contributed by atoms with E-state index >= 15 is 0 Å². The molecule has 0 aliphatic carbocycles. The summed E-state index contributed by atoms with van der Waals surface area (Å²) in [6, 6.07) is 0. The molecular weight excluding hydrogens is 316 g/mol. The van der Waals surface area contributed by atoms with Crippen LogP contribution in [0.3, 0.4) is 0 Å². The molecule has 0 saturated carbocycles. The fourth-order valence-electron chi connectivity index (χ4n) is 0.665. The lowest BCUT2D eigenvalue weighted by Crippen LogP contribution is -2.03. The van der Waals surface area contributed by atoms with Crippen LogP contribution in [0.1, 0.15) is 46.5 Å². The highest BCUT2D eigenvalue weighted by atomic mass is 32.1. The highest BCUT2D eigenvalue weighted by molar-refractivity contribution is 7.81. The number of carbonyl (C=O) groups is 2. The number of carboxylic acid groups (broad SMARTS) is 2. The van der Waals surface area contributed by atoms with E-state index in [1.165, 1.54) is 6.92 Å². The van der Waals surface area contributed by atoms with Crippen molar-refractivity contribution in [3.63, 3.8) is 0 Å². The van der Waals surface area contributed by atoms with Crippen LogP contribution in [-0.4, -0.2) is 55.6 Å². The third-order valence-electron chi connectivity index (χ3n) is 1.82. The van der Waals surface area contributed by atoms with Crippen molar-refractivity contribution in [3.8, 4) is 0 Å². The molecule has 0 fully saturated rings. The molecule has 6 nitrogen and oxygen atoms in total. The van der Waals surface area contributed by atoms with Gasteiger partial charge in [0, 0.05) is 12.8 Å². The molecular formula is C13H28O6S2.